The molecule has 1 aliphatic heterocycles. The molecule has 1 aromatic rings. The second-order valence-corrected chi connectivity index (χ2v) is 3.47. The Hall–Kier alpha value is -0.930. The van der Waals surface area contributed by atoms with E-state index in [1.54, 1.807) is 12.1 Å². The molecule has 0 aliphatic carbocycles. The van der Waals surface area contributed by atoms with E-state index in [-0.39, 0.29) is 29.9 Å². The summed E-state index contributed by atoms with van der Waals surface area (Å²) in [4.78, 5) is 0. The van der Waals surface area contributed by atoms with E-state index in [1.807, 2.05) is 0 Å². The maximum Gasteiger partial charge on any atom is 0.157 e. The number of halogens is 1. The van der Waals surface area contributed by atoms with Gasteiger partial charge < -0.3 is 15.5 Å². The first-order chi connectivity index (χ1) is 6.18. The fourth-order valence-corrected chi connectivity index (χ4v) is 1.79. The molecule has 1 aromatic carbocycles. The summed E-state index contributed by atoms with van der Waals surface area (Å²) < 4.78 is 0. The fourth-order valence-electron chi connectivity index (χ4n) is 1.79. The van der Waals surface area contributed by atoms with Crippen LogP contribution in [0, 0.1) is 0 Å². The van der Waals surface area contributed by atoms with Crippen molar-refractivity contribution in [2.45, 2.75) is 19.4 Å². The Bertz CT molecular complexity index is 341. The zero-order valence-corrected chi connectivity index (χ0v) is 8.77. The first-order valence-corrected chi connectivity index (χ1v) is 4.46. The van der Waals surface area contributed by atoms with Gasteiger partial charge >= 0.3 is 0 Å². The summed E-state index contributed by atoms with van der Waals surface area (Å²) in [5.41, 5.74) is 2.21. The minimum atomic E-state index is -0.0331. The van der Waals surface area contributed by atoms with E-state index in [0.717, 1.165) is 24.1 Å². The van der Waals surface area contributed by atoms with Gasteiger partial charge in [-0.1, -0.05) is 0 Å². The molecular formula is C10H14ClNO2. The van der Waals surface area contributed by atoms with Crippen LogP contribution in [0.25, 0.3) is 0 Å². The molecule has 0 spiro atoms. The van der Waals surface area contributed by atoms with Gasteiger partial charge in [0.05, 0.1) is 0 Å². The monoisotopic (exact) mass is 215 g/mol. The summed E-state index contributed by atoms with van der Waals surface area (Å²) in [5, 5.41) is 21.9. The van der Waals surface area contributed by atoms with E-state index < -0.39 is 0 Å². The van der Waals surface area contributed by atoms with Gasteiger partial charge in [-0.3, -0.25) is 0 Å². The molecule has 0 radical (unpaired) electrons. The third kappa shape index (κ3) is 1.79. The summed E-state index contributed by atoms with van der Waals surface area (Å²) >= 11 is 0. The Morgan fingerprint density at radius 3 is 2.64 bits per heavy atom. The summed E-state index contributed by atoms with van der Waals surface area (Å²) in [6.07, 6.45) is 0.910. The van der Waals surface area contributed by atoms with Crippen LogP contribution in [0.2, 0.25) is 0 Å². The van der Waals surface area contributed by atoms with Gasteiger partial charge in [-0.05, 0) is 43.1 Å². The lowest BCUT2D eigenvalue weighted by Crippen LogP contribution is -2.27. The molecule has 1 heterocycles. The van der Waals surface area contributed by atoms with Gasteiger partial charge in [-0.25, -0.2) is 0 Å². The Labute approximate surface area is 89.2 Å². The molecule has 0 saturated carbocycles. The summed E-state index contributed by atoms with van der Waals surface area (Å²) in [6.45, 7) is 2.98. The van der Waals surface area contributed by atoms with Gasteiger partial charge in [0, 0.05) is 6.04 Å². The zero-order chi connectivity index (χ0) is 9.42. The van der Waals surface area contributed by atoms with Crippen molar-refractivity contribution < 1.29 is 10.2 Å². The van der Waals surface area contributed by atoms with Gasteiger partial charge in [0.1, 0.15) is 0 Å². The molecule has 3 nitrogen and oxygen atoms in total. The summed E-state index contributed by atoms with van der Waals surface area (Å²) in [7, 11) is 0. The number of hydrogen-bond donors (Lipinski definition) is 3. The van der Waals surface area contributed by atoms with Crippen LogP contribution in [0.1, 0.15) is 24.1 Å². The average Bonchev–Trinajstić information content (AvgIpc) is 2.09. The highest BCUT2D eigenvalue weighted by Gasteiger charge is 2.17. The molecule has 0 saturated heterocycles. The maximum absolute atomic E-state index is 9.32. The molecule has 0 unspecified atom stereocenters. The predicted molar refractivity (Wildman–Crippen MR) is 57.1 cm³/mol. The van der Waals surface area contributed by atoms with Crippen molar-refractivity contribution in [3.8, 4) is 11.5 Å². The summed E-state index contributed by atoms with van der Waals surface area (Å²) in [5.74, 6) is -0.0536. The molecule has 14 heavy (non-hydrogen) atoms. The highest BCUT2D eigenvalue weighted by Crippen LogP contribution is 2.33. The first kappa shape index (κ1) is 11.1. The van der Waals surface area contributed by atoms with Gasteiger partial charge in [0.15, 0.2) is 11.5 Å². The van der Waals surface area contributed by atoms with Crippen molar-refractivity contribution in [1.82, 2.24) is 5.32 Å². The Morgan fingerprint density at radius 1 is 1.29 bits per heavy atom. The Morgan fingerprint density at radius 2 is 1.93 bits per heavy atom. The van der Waals surface area contributed by atoms with Crippen LogP contribution >= 0.6 is 12.4 Å². The molecule has 1 atom stereocenters. The van der Waals surface area contributed by atoms with Crippen molar-refractivity contribution in [2.75, 3.05) is 6.54 Å². The van der Waals surface area contributed by atoms with Crippen LogP contribution in [0.4, 0.5) is 0 Å². The number of hydrogen-bond acceptors (Lipinski definition) is 3. The number of phenolic OH excluding ortho intramolecular Hbond substituents is 2. The second kappa shape index (κ2) is 4.07. The lowest BCUT2D eigenvalue weighted by Gasteiger charge is -2.24. The summed E-state index contributed by atoms with van der Waals surface area (Å²) in [6, 6.07) is 3.55. The van der Waals surface area contributed by atoms with Crippen molar-refractivity contribution >= 4 is 12.4 Å². The first-order valence-electron chi connectivity index (χ1n) is 4.46. The third-order valence-electron chi connectivity index (χ3n) is 2.55. The lowest BCUT2D eigenvalue weighted by atomic mass is 9.95. The Kier molecular flexibility index (Phi) is 3.24. The minimum Gasteiger partial charge on any atom is -0.504 e. The van der Waals surface area contributed by atoms with Crippen molar-refractivity contribution in [3.05, 3.63) is 23.3 Å². The molecule has 3 N–H and O–H groups in total. The van der Waals surface area contributed by atoms with Gasteiger partial charge in [-0.2, -0.15) is 0 Å². The van der Waals surface area contributed by atoms with E-state index in [0.29, 0.717) is 0 Å². The number of rotatable bonds is 0. The van der Waals surface area contributed by atoms with Crippen molar-refractivity contribution in [1.29, 1.82) is 0 Å². The lowest BCUT2D eigenvalue weighted by molar-refractivity contribution is 0.399. The highest BCUT2D eigenvalue weighted by atomic mass is 35.5. The van der Waals surface area contributed by atoms with Crippen LogP contribution in [-0.2, 0) is 6.42 Å². The number of aromatic hydroxyl groups is 2. The SMILES string of the molecule is C[C@@H]1NCCc2cc(O)c(O)cc21.Cl. The Balaban J connectivity index is 0.000000980. The third-order valence-corrected chi connectivity index (χ3v) is 2.55. The van der Waals surface area contributed by atoms with Crippen molar-refractivity contribution in [2.24, 2.45) is 0 Å². The van der Waals surface area contributed by atoms with Crippen LogP contribution in [-0.4, -0.2) is 16.8 Å². The van der Waals surface area contributed by atoms with Gasteiger partial charge in [0.2, 0.25) is 0 Å². The number of fused-ring (bicyclic) bond motifs is 1. The van der Waals surface area contributed by atoms with E-state index in [2.05, 4.69) is 12.2 Å². The largest absolute Gasteiger partial charge is 0.504 e. The number of phenols is 2. The van der Waals surface area contributed by atoms with Gasteiger partial charge in [0.25, 0.3) is 0 Å². The molecule has 0 aromatic heterocycles. The van der Waals surface area contributed by atoms with Crippen LogP contribution in [0.15, 0.2) is 12.1 Å². The molecule has 2 rings (SSSR count). The molecule has 4 heteroatoms. The molecular weight excluding hydrogens is 202 g/mol. The molecule has 78 valence electrons. The van der Waals surface area contributed by atoms with E-state index >= 15 is 0 Å². The predicted octanol–water partition coefficient (Wildman–Crippen LogP) is 1.73. The van der Waals surface area contributed by atoms with E-state index in [1.165, 1.54) is 0 Å². The van der Waals surface area contributed by atoms with Crippen LogP contribution in [0.3, 0.4) is 0 Å². The number of benzene rings is 1. The van der Waals surface area contributed by atoms with Crippen molar-refractivity contribution in [3.63, 3.8) is 0 Å². The maximum atomic E-state index is 9.32. The normalized spacial score (nSPS) is 19.6. The average molecular weight is 216 g/mol. The number of nitrogens with one attached hydrogen (secondary N) is 1. The smallest absolute Gasteiger partial charge is 0.157 e. The highest BCUT2D eigenvalue weighted by molar-refractivity contribution is 5.85. The van der Waals surface area contributed by atoms with Gasteiger partial charge in [-0.15, -0.1) is 12.4 Å². The second-order valence-electron chi connectivity index (χ2n) is 3.47. The zero-order valence-electron chi connectivity index (χ0n) is 7.95. The van der Waals surface area contributed by atoms with Crippen LogP contribution in [0.5, 0.6) is 11.5 Å². The molecule has 0 amide bonds. The van der Waals surface area contributed by atoms with E-state index in [9.17, 15) is 10.2 Å². The topological polar surface area (TPSA) is 52.5 Å². The van der Waals surface area contributed by atoms with Crippen LogP contribution < -0.4 is 5.32 Å². The standard InChI is InChI=1S/C10H13NO2.ClH/c1-6-8-5-10(13)9(12)4-7(8)2-3-11-6;/h4-6,11-13H,2-3H2,1H3;1H/t6-;/m0./s1. The van der Waals surface area contributed by atoms with E-state index in [4.69, 9.17) is 0 Å². The quantitative estimate of drug-likeness (QED) is 0.578. The molecule has 1 aliphatic rings. The minimum absolute atomic E-state index is 0. The molecule has 0 fully saturated rings. The molecule has 0 bridgehead atoms. The fraction of sp³-hybridized carbons (Fsp3) is 0.400.